The molecule has 0 unspecified atom stereocenters. The summed E-state index contributed by atoms with van der Waals surface area (Å²) < 4.78 is 10.7. The number of hydrogen-bond donors (Lipinski definition) is 3. The third-order valence-electron chi connectivity index (χ3n) is 3.84. The number of hydrogen-bond acceptors (Lipinski definition) is 3. The van der Waals surface area contributed by atoms with Crippen molar-refractivity contribution in [1.82, 2.24) is 10.6 Å². The van der Waals surface area contributed by atoms with Gasteiger partial charge in [0.05, 0.1) is 26.9 Å². The van der Waals surface area contributed by atoms with E-state index in [1.54, 1.807) is 7.11 Å². The second-order valence-corrected chi connectivity index (χ2v) is 5.46. The van der Waals surface area contributed by atoms with Gasteiger partial charge in [-0.05, 0) is 36.5 Å². The smallest absolute Gasteiger partial charge is 0.166 e. The lowest BCUT2D eigenvalue weighted by atomic mass is 10.0. The van der Waals surface area contributed by atoms with E-state index in [-0.39, 0.29) is 0 Å². The Morgan fingerprint density at radius 1 is 1.33 bits per heavy atom. The molecular weight excluding hydrogens is 286 g/mol. The van der Waals surface area contributed by atoms with Crippen molar-refractivity contribution in [2.75, 3.05) is 47.0 Å². The first kappa shape index (κ1) is 16.0. The summed E-state index contributed by atoms with van der Waals surface area (Å²) in [5.41, 5.74) is 1.29. The molecule has 0 saturated carbocycles. The van der Waals surface area contributed by atoms with Crippen LogP contribution in [0, 0.1) is 0 Å². The van der Waals surface area contributed by atoms with Gasteiger partial charge in [0.1, 0.15) is 24.9 Å². The monoisotopic (exact) mass is 310 g/mol. The van der Waals surface area contributed by atoms with Crippen LogP contribution < -0.4 is 20.3 Å². The number of quaternary nitrogens is 1. The fourth-order valence-corrected chi connectivity index (χ4v) is 2.68. The summed E-state index contributed by atoms with van der Waals surface area (Å²) in [5.74, 6) is 0.883. The molecule has 5 nitrogen and oxygen atoms in total. The second-order valence-electron chi connectivity index (χ2n) is 5.06. The largest absolute Gasteiger partial charge is 0.497 e. The Bertz CT molecular complexity index is 447. The van der Waals surface area contributed by atoms with Crippen molar-refractivity contribution in [1.29, 1.82) is 0 Å². The van der Waals surface area contributed by atoms with Crippen LogP contribution in [-0.2, 0) is 4.74 Å². The van der Waals surface area contributed by atoms with Crippen LogP contribution in [0.5, 0.6) is 5.75 Å². The van der Waals surface area contributed by atoms with Crippen LogP contribution in [0.15, 0.2) is 24.3 Å². The van der Waals surface area contributed by atoms with Gasteiger partial charge in [0, 0.05) is 12.6 Å². The first-order valence-electron chi connectivity index (χ1n) is 7.26. The zero-order chi connectivity index (χ0) is 15.1. The molecule has 1 fully saturated rings. The van der Waals surface area contributed by atoms with E-state index >= 15 is 0 Å². The average molecular weight is 310 g/mol. The summed E-state index contributed by atoms with van der Waals surface area (Å²) in [6, 6.07) is 8.65. The van der Waals surface area contributed by atoms with E-state index in [0.717, 1.165) is 38.6 Å². The van der Waals surface area contributed by atoms with Gasteiger partial charge in [0.25, 0.3) is 0 Å². The Kier molecular flexibility index (Phi) is 6.22. The van der Waals surface area contributed by atoms with Crippen LogP contribution in [0.3, 0.4) is 0 Å². The second kappa shape index (κ2) is 8.17. The van der Waals surface area contributed by atoms with Crippen molar-refractivity contribution in [2.45, 2.75) is 6.04 Å². The minimum absolute atomic E-state index is 0.353. The zero-order valence-corrected chi connectivity index (χ0v) is 13.5. The van der Waals surface area contributed by atoms with Gasteiger partial charge in [-0.3, -0.25) is 0 Å². The SMILES string of the molecule is CNC(=S)NC[C@@H](c1ccc(OC)cc1)[NH+]1CCOCC1. The van der Waals surface area contributed by atoms with E-state index in [0.29, 0.717) is 11.2 Å². The van der Waals surface area contributed by atoms with Crippen LogP contribution in [0.4, 0.5) is 0 Å². The maximum Gasteiger partial charge on any atom is 0.166 e. The molecule has 0 aliphatic carbocycles. The normalized spacial score (nSPS) is 17.0. The molecule has 1 aliphatic rings. The predicted octanol–water partition coefficient (Wildman–Crippen LogP) is -0.255. The quantitative estimate of drug-likeness (QED) is 0.655. The minimum atomic E-state index is 0.353. The molecule has 1 atom stereocenters. The van der Waals surface area contributed by atoms with E-state index in [9.17, 15) is 0 Å². The molecule has 116 valence electrons. The summed E-state index contributed by atoms with van der Waals surface area (Å²) >= 11 is 5.19. The molecule has 21 heavy (non-hydrogen) atoms. The van der Waals surface area contributed by atoms with Crippen molar-refractivity contribution >= 4 is 17.3 Å². The van der Waals surface area contributed by atoms with Crippen molar-refractivity contribution in [3.63, 3.8) is 0 Å². The predicted molar refractivity (Wildman–Crippen MR) is 86.9 cm³/mol. The van der Waals surface area contributed by atoms with Gasteiger partial charge in [-0.25, -0.2) is 0 Å². The number of thiocarbonyl (C=S) groups is 1. The molecule has 0 bridgehead atoms. The molecule has 1 saturated heterocycles. The third kappa shape index (κ3) is 4.56. The zero-order valence-electron chi connectivity index (χ0n) is 12.6. The molecule has 0 aromatic heterocycles. The molecule has 1 aromatic rings. The van der Waals surface area contributed by atoms with Crippen molar-refractivity contribution < 1.29 is 14.4 Å². The highest BCUT2D eigenvalue weighted by atomic mass is 32.1. The van der Waals surface area contributed by atoms with Gasteiger partial charge in [0.2, 0.25) is 0 Å². The molecule has 3 N–H and O–H groups in total. The van der Waals surface area contributed by atoms with Crippen molar-refractivity contribution in [3.05, 3.63) is 29.8 Å². The fourth-order valence-electron chi connectivity index (χ4n) is 2.60. The molecule has 6 heteroatoms. The molecule has 0 amide bonds. The number of nitrogens with one attached hydrogen (secondary N) is 3. The first-order chi connectivity index (χ1) is 10.2. The van der Waals surface area contributed by atoms with Crippen molar-refractivity contribution in [2.24, 2.45) is 0 Å². The maximum atomic E-state index is 5.47. The van der Waals surface area contributed by atoms with Gasteiger partial charge < -0.3 is 25.0 Å². The summed E-state index contributed by atoms with van der Waals surface area (Å²) in [4.78, 5) is 1.53. The molecule has 0 spiro atoms. The minimum Gasteiger partial charge on any atom is -0.497 e. The van der Waals surface area contributed by atoms with Crippen LogP contribution >= 0.6 is 12.2 Å². The summed E-state index contributed by atoms with van der Waals surface area (Å²) in [6.07, 6.45) is 0. The lowest BCUT2D eigenvalue weighted by Crippen LogP contribution is -3.15. The Hall–Kier alpha value is -1.37. The van der Waals surface area contributed by atoms with Crippen LogP contribution in [0.2, 0.25) is 0 Å². The van der Waals surface area contributed by atoms with Gasteiger partial charge in [-0.2, -0.15) is 0 Å². The van der Waals surface area contributed by atoms with Crippen molar-refractivity contribution in [3.8, 4) is 5.75 Å². The van der Waals surface area contributed by atoms with E-state index in [1.807, 2.05) is 19.2 Å². The highest BCUT2D eigenvalue weighted by Crippen LogP contribution is 2.15. The first-order valence-corrected chi connectivity index (χ1v) is 7.67. The van der Waals surface area contributed by atoms with Crippen LogP contribution in [-0.4, -0.2) is 52.1 Å². The fraction of sp³-hybridized carbons (Fsp3) is 0.533. The van der Waals surface area contributed by atoms with E-state index < -0.39 is 0 Å². The highest BCUT2D eigenvalue weighted by molar-refractivity contribution is 7.80. The summed E-state index contributed by atoms with van der Waals surface area (Å²) in [5, 5.41) is 6.93. The van der Waals surface area contributed by atoms with E-state index in [1.165, 1.54) is 10.5 Å². The lowest BCUT2D eigenvalue weighted by molar-refractivity contribution is -0.937. The maximum absolute atomic E-state index is 5.47. The molecule has 1 aromatic carbocycles. The lowest BCUT2D eigenvalue weighted by Gasteiger charge is -2.32. The number of methoxy groups -OCH3 is 1. The topological polar surface area (TPSA) is 47.0 Å². The van der Waals surface area contributed by atoms with E-state index in [4.69, 9.17) is 21.7 Å². The molecule has 2 rings (SSSR count). The molecule has 1 heterocycles. The molecule has 1 aliphatic heterocycles. The van der Waals surface area contributed by atoms with Gasteiger partial charge >= 0.3 is 0 Å². The standard InChI is InChI=1S/C15H23N3O2S/c1-16-15(21)17-11-14(18-7-9-20-10-8-18)12-3-5-13(19-2)6-4-12/h3-6,14H,7-11H2,1-2H3,(H2,16,17,21)/p+1/t14-/m0/s1. The highest BCUT2D eigenvalue weighted by Gasteiger charge is 2.26. The summed E-state index contributed by atoms with van der Waals surface area (Å²) in [6.45, 7) is 4.48. The van der Waals surface area contributed by atoms with Gasteiger partial charge in [-0.15, -0.1) is 0 Å². The average Bonchev–Trinajstić information content (AvgIpc) is 2.56. The summed E-state index contributed by atoms with van der Waals surface area (Å²) in [7, 11) is 3.52. The van der Waals surface area contributed by atoms with Gasteiger partial charge in [-0.1, -0.05) is 0 Å². The third-order valence-corrected chi connectivity index (χ3v) is 4.19. The number of rotatable bonds is 5. The van der Waals surface area contributed by atoms with E-state index in [2.05, 4.69) is 22.8 Å². The van der Waals surface area contributed by atoms with Crippen LogP contribution in [0.1, 0.15) is 11.6 Å². The Morgan fingerprint density at radius 2 is 2.00 bits per heavy atom. The van der Waals surface area contributed by atoms with Crippen LogP contribution in [0.25, 0.3) is 0 Å². The Balaban J connectivity index is 2.10. The number of ether oxygens (including phenoxy) is 2. The number of benzene rings is 1. The molecule has 0 radical (unpaired) electrons. The van der Waals surface area contributed by atoms with Gasteiger partial charge in [0.15, 0.2) is 5.11 Å². The molecular formula is C15H24N3O2S+. The Morgan fingerprint density at radius 3 is 2.57 bits per heavy atom. The number of morpholine rings is 1. The Labute approximate surface area is 131 Å².